The lowest BCUT2D eigenvalue weighted by Crippen LogP contribution is -2.31. The Kier molecular flexibility index (Phi) is 3.87. The summed E-state index contributed by atoms with van der Waals surface area (Å²) in [5.74, 6) is 0.718. The van der Waals surface area contributed by atoms with Gasteiger partial charge in [-0.15, -0.1) is 0 Å². The van der Waals surface area contributed by atoms with Gasteiger partial charge in [0.2, 0.25) is 0 Å². The topological polar surface area (TPSA) is 60.7 Å². The predicted molar refractivity (Wildman–Crippen MR) is 73.4 cm³/mol. The van der Waals surface area contributed by atoms with Gasteiger partial charge in [-0.1, -0.05) is 18.2 Å². The van der Waals surface area contributed by atoms with Crippen molar-refractivity contribution >= 4 is 17.1 Å². The zero-order chi connectivity index (χ0) is 13.8. The van der Waals surface area contributed by atoms with E-state index in [1.54, 1.807) is 0 Å². The number of benzene rings is 1. The minimum atomic E-state index is -0.405. The van der Waals surface area contributed by atoms with E-state index in [1.165, 1.54) is 0 Å². The molecule has 0 atom stereocenters. The van der Waals surface area contributed by atoms with Crippen molar-refractivity contribution in [1.82, 2.24) is 5.32 Å². The highest BCUT2D eigenvalue weighted by atomic mass is 16.6. The number of para-hydroxylation sites is 1. The van der Waals surface area contributed by atoms with Crippen LogP contribution in [0.4, 0.5) is 4.79 Å². The van der Waals surface area contributed by atoms with Crippen LogP contribution >= 0.6 is 0 Å². The maximum Gasteiger partial charge on any atom is 0.407 e. The number of carbonyl (C=O) groups is 1. The number of ether oxygens (including phenoxy) is 2. The molecule has 106 valence electrons. The van der Waals surface area contributed by atoms with E-state index in [-0.39, 0.29) is 6.10 Å². The van der Waals surface area contributed by atoms with Gasteiger partial charge < -0.3 is 19.2 Å². The van der Waals surface area contributed by atoms with Crippen LogP contribution in [0.1, 0.15) is 18.6 Å². The zero-order valence-electron chi connectivity index (χ0n) is 11.1. The van der Waals surface area contributed by atoms with Gasteiger partial charge in [-0.05, 0) is 12.1 Å². The Balaban J connectivity index is 1.51. The zero-order valence-corrected chi connectivity index (χ0v) is 11.1. The number of alkyl carbamates (subject to hydrolysis) is 1. The molecule has 5 heteroatoms. The second-order valence-corrected chi connectivity index (χ2v) is 4.82. The van der Waals surface area contributed by atoms with Crippen LogP contribution in [0, 0.1) is 0 Å². The summed E-state index contributed by atoms with van der Waals surface area (Å²) in [4.78, 5) is 11.7. The van der Waals surface area contributed by atoms with E-state index in [1.807, 2.05) is 30.3 Å². The van der Waals surface area contributed by atoms with E-state index in [2.05, 4.69) is 5.32 Å². The van der Waals surface area contributed by atoms with Crippen LogP contribution < -0.4 is 5.32 Å². The second-order valence-electron chi connectivity index (χ2n) is 4.82. The van der Waals surface area contributed by atoms with E-state index in [0.29, 0.717) is 19.8 Å². The normalized spacial score (nSPS) is 16.2. The molecule has 0 radical (unpaired) electrons. The Bertz CT molecular complexity index is 553. The highest BCUT2D eigenvalue weighted by Gasteiger charge is 2.18. The first kappa shape index (κ1) is 13.0. The number of hydrogen-bond donors (Lipinski definition) is 1. The third kappa shape index (κ3) is 3.11. The van der Waals surface area contributed by atoms with Crippen LogP contribution in [0.25, 0.3) is 11.0 Å². The van der Waals surface area contributed by atoms with Crippen LogP contribution in [0.15, 0.2) is 34.7 Å². The molecule has 1 N–H and O–H groups in total. The number of hydrogen-bond acceptors (Lipinski definition) is 4. The quantitative estimate of drug-likeness (QED) is 0.935. The van der Waals surface area contributed by atoms with Gasteiger partial charge in [0.1, 0.15) is 17.4 Å². The van der Waals surface area contributed by atoms with E-state index in [9.17, 15) is 4.79 Å². The average molecular weight is 275 g/mol. The Morgan fingerprint density at radius 2 is 2.10 bits per heavy atom. The molecule has 1 saturated heterocycles. The number of amides is 1. The van der Waals surface area contributed by atoms with Crippen molar-refractivity contribution < 1.29 is 18.7 Å². The van der Waals surface area contributed by atoms with Gasteiger partial charge in [0.25, 0.3) is 0 Å². The van der Waals surface area contributed by atoms with Crippen molar-refractivity contribution in [3.8, 4) is 0 Å². The number of furan rings is 1. The van der Waals surface area contributed by atoms with Gasteiger partial charge in [0.05, 0.1) is 19.8 Å². The Hall–Kier alpha value is -2.01. The third-order valence-corrected chi connectivity index (χ3v) is 3.33. The molecule has 3 rings (SSSR count). The van der Waals surface area contributed by atoms with Gasteiger partial charge in [-0.3, -0.25) is 0 Å². The monoisotopic (exact) mass is 275 g/mol. The molecule has 1 fully saturated rings. The number of fused-ring (bicyclic) bond motifs is 1. The first-order chi connectivity index (χ1) is 9.81. The predicted octanol–water partition coefficient (Wildman–Crippen LogP) is 2.84. The van der Waals surface area contributed by atoms with E-state index < -0.39 is 6.09 Å². The van der Waals surface area contributed by atoms with Crippen LogP contribution in [0.5, 0.6) is 0 Å². The molecule has 1 aromatic heterocycles. The van der Waals surface area contributed by atoms with Crippen molar-refractivity contribution in [2.24, 2.45) is 0 Å². The Labute approximate surface area is 116 Å². The maximum absolute atomic E-state index is 11.7. The lowest BCUT2D eigenvalue weighted by atomic mass is 10.2. The molecule has 5 nitrogen and oxygen atoms in total. The lowest BCUT2D eigenvalue weighted by Gasteiger charge is -2.22. The molecule has 1 aromatic carbocycles. The third-order valence-electron chi connectivity index (χ3n) is 3.33. The van der Waals surface area contributed by atoms with Crippen molar-refractivity contribution in [2.75, 3.05) is 13.2 Å². The molecule has 2 heterocycles. The lowest BCUT2D eigenvalue weighted by molar-refractivity contribution is 0.00140. The summed E-state index contributed by atoms with van der Waals surface area (Å²) >= 11 is 0. The molecule has 0 aliphatic carbocycles. The summed E-state index contributed by atoms with van der Waals surface area (Å²) in [6, 6.07) is 9.67. The molecule has 0 saturated carbocycles. The molecule has 1 amide bonds. The Morgan fingerprint density at radius 3 is 2.90 bits per heavy atom. The first-order valence-corrected chi connectivity index (χ1v) is 6.81. The average Bonchev–Trinajstić information content (AvgIpc) is 2.89. The fraction of sp³-hybridized carbons (Fsp3) is 0.400. The van der Waals surface area contributed by atoms with Crippen molar-refractivity contribution in [1.29, 1.82) is 0 Å². The highest BCUT2D eigenvalue weighted by Crippen LogP contribution is 2.18. The van der Waals surface area contributed by atoms with Crippen LogP contribution in [-0.4, -0.2) is 25.4 Å². The minimum absolute atomic E-state index is 0.0422. The van der Waals surface area contributed by atoms with Crippen LogP contribution in [0.3, 0.4) is 0 Å². The van der Waals surface area contributed by atoms with Gasteiger partial charge >= 0.3 is 6.09 Å². The molecule has 0 bridgehead atoms. The minimum Gasteiger partial charge on any atom is -0.459 e. The van der Waals surface area contributed by atoms with E-state index >= 15 is 0 Å². The van der Waals surface area contributed by atoms with Gasteiger partial charge in [0.15, 0.2) is 0 Å². The van der Waals surface area contributed by atoms with Crippen molar-refractivity contribution in [3.63, 3.8) is 0 Å². The molecule has 0 spiro atoms. The fourth-order valence-corrected chi connectivity index (χ4v) is 2.27. The van der Waals surface area contributed by atoms with Crippen LogP contribution in [-0.2, 0) is 16.0 Å². The molecular formula is C15H17NO4. The molecule has 2 aromatic rings. The summed E-state index contributed by atoms with van der Waals surface area (Å²) in [5, 5.41) is 3.74. The summed E-state index contributed by atoms with van der Waals surface area (Å²) in [6.45, 7) is 1.64. The summed E-state index contributed by atoms with van der Waals surface area (Å²) in [5.41, 5.74) is 0.821. The molecule has 1 aliphatic heterocycles. The largest absolute Gasteiger partial charge is 0.459 e. The van der Waals surface area contributed by atoms with E-state index in [0.717, 1.165) is 29.6 Å². The molecular weight excluding hydrogens is 258 g/mol. The standard InChI is InChI=1S/C15H17NO4/c17-15(20-12-5-7-18-8-6-12)16-10-13-9-11-3-1-2-4-14(11)19-13/h1-4,9,12H,5-8,10H2,(H,16,17). The second kappa shape index (κ2) is 5.96. The number of carbonyl (C=O) groups excluding carboxylic acids is 1. The smallest absolute Gasteiger partial charge is 0.407 e. The first-order valence-electron chi connectivity index (χ1n) is 6.81. The summed E-state index contributed by atoms with van der Waals surface area (Å²) in [6.07, 6.45) is 1.08. The van der Waals surface area contributed by atoms with Gasteiger partial charge in [-0.25, -0.2) is 4.79 Å². The van der Waals surface area contributed by atoms with Gasteiger partial charge in [0, 0.05) is 18.2 Å². The summed E-state index contributed by atoms with van der Waals surface area (Å²) < 4.78 is 16.2. The van der Waals surface area contributed by atoms with E-state index in [4.69, 9.17) is 13.9 Å². The fourth-order valence-electron chi connectivity index (χ4n) is 2.27. The van der Waals surface area contributed by atoms with Crippen molar-refractivity contribution in [3.05, 3.63) is 36.1 Å². The van der Waals surface area contributed by atoms with Crippen LogP contribution in [0.2, 0.25) is 0 Å². The van der Waals surface area contributed by atoms with Gasteiger partial charge in [-0.2, -0.15) is 0 Å². The number of rotatable bonds is 3. The SMILES string of the molecule is O=C(NCc1cc2ccccc2o1)OC1CCOCC1. The molecule has 1 aliphatic rings. The molecule has 0 unspecified atom stereocenters. The highest BCUT2D eigenvalue weighted by molar-refractivity contribution is 5.77. The molecule has 20 heavy (non-hydrogen) atoms. The summed E-state index contributed by atoms with van der Waals surface area (Å²) in [7, 11) is 0. The van der Waals surface area contributed by atoms with Crippen molar-refractivity contribution in [2.45, 2.75) is 25.5 Å². The Morgan fingerprint density at radius 1 is 1.30 bits per heavy atom. The maximum atomic E-state index is 11.7. The number of nitrogens with one attached hydrogen (secondary N) is 1.